The number of halogens is 2. The zero-order valence-electron chi connectivity index (χ0n) is 10.9. The fourth-order valence-electron chi connectivity index (χ4n) is 2.05. The summed E-state index contributed by atoms with van der Waals surface area (Å²) in [7, 11) is 1.87. The van der Waals surface area contributed by atoms with Crippen LogP contribution in [0.3, 0.4) is 0 Å². The molecule has 1 unspecified atom stereocenters. The number of rotatable bonds is 3. The van der Waals surface area contributed by atoms with Gasteiger partial charge in [-0.05, 0) is 31.2 Å². The average Bonchev–Trinajstić information content (AvgIpc) is 2.40. The summed E-state index contributed by atoms with van der Waals surface area (Å²) in [5, 5.41) is 0.608. The number of anilines is 2. The van der Waals surface area contributed by atoms with Gasteiger partial charge in [0.15, 0.2) is 0 Å². The van der Waals surface area contributed by atoms with Crippen LogP contribution in [0.15, 0.2) is 42.5 Å². The molecule has 2 aromatic rings. The molecule has 0 bridgehead atoms. The summed E-state index contributed by atoms with van der Waals surface area (Å²) in [6, 6.07) is 11.9. The lowest BCUT2D eigenvalue weighted by Crippen LogP contribution is -2.23. The Morgan fingerprint density at radius 2 is 1.89 bits per heavy atom. The zero-order valence-corrected chi connectivity index (χ0v) is 11.7. The summed E-state index contributed by atoms with van der Waals surface area (Å²) in [6.45, 7) is 1.93. The summed E-state index contributed by atoms with van der Waals surface area (Å²) in [5.74, 6) is -0.220. The SMILES string of the molecule is CC(c1ccccc1F)N(C)c1cc(Cl)ccc1N. The van der Waals surface area contributed by atoms with E-state index in [1.807, 2.05) is 24.9 Å². The van der Waals surface area contributed by atoms with Crippen molar-refractivity contribution in [2.45, 2.75) is 13.0 Å². The van der Waals surface area contributed by atoms with E-state index in [1.54, 1.807) is 30.3 Å². The van der Waals surface area contributed by atoms with Crippen LogP contribution in [0.1, 0.15) is 18.5 Å². The fraction of sp³-hybridized carbons (Fsp3) is 0.200. The van der Waals surface area contributed by atoms with E-state index in [0.717, 1.165) is 5.69 Å². The van der Waals surface area contributed by atoms with Crippen LogP contribution in [0.25, 0.3) is 0 Å². The summed E-state index contributed by atoms with van der Waals surface area (Å²) < 4.78 is 13.8. The lowest BCUT2D eigenvalue weighted by Gasteiger charge is -2.29. The largest absolute Gasteiger partial charge is 0.397 e. The fourth-order valence-corrected chi connectivity index (χ4v) is 2.22. The Bertz CT molecular complexity index is 586. The van der Waals surface area contributed by atoms with Gasteiger partial charge in [-0.2, -0.15) is 0 Å². The highest BCUT2D eigenvalue weighted by Gasteiger charge is 2.17. The highest BCUT2D eigenvalue weighted by molar-refractivity contribution is 6.31. The molecule has 4 heteroatoms. The molecule has 19 heavy (non-hydrogen) atoms. The van der Waals surface area contributed by atoms with Crippen LogP contribution in [0.5, 0.6) is 0 Å². The highest BCUT2D eigenvalue weighted by Crippen LogP contribution is 2.32. The number of nitrogens with zero attached hydrogens (tertiary/aromatic N) is 1. The van der Waals surface area contributed by atoms with Crippen molar-refractivity contribution in [3.05, 3.63) is 58.9 Å². The third kappa shape index (κ3) is 2.82. The monoisotopic (exact) mass is 278 g/mol. The smallest absolute Gasteiger partial charge is 0.128 e. The second kappa shape index (κ2) is 5.49. The molecule has 0 aliphatic rings. The Hall–Kier alpha value is -1.74. The Kier molecular flexibility index (Phi) is 3.96. The first-order valence-corrected chi connectivity index (χ1v) is 6.41. The Morgan fingerprint density at radius 1 is 1.21 bits per heavy atom. The lowest BCUT2D eigenvalue weighted by molar-refractivity contribution is 0.585. The number of hydrogen-bond donors (Lipinski definition) is 1. The summed E-state index contributed by atoms with van der Waals surface area (Å²) in [5.41, 5.74) is 7.99. The van der Waals surface area contributed by atoms with Gasteiger partial charge in [0.1, 0.15) is 5.82 Å². The van der Waals surface area contributed by atoms with Gasteiger partial charge in [0, 0.05) is 17.6 Å². The van der Waals surface area contributed by atoms with E-state index in [1.165, 1.54) is 6.07 Å². The van der Waals surface area contributed by atoms with Crippen LogP contribution in [0.4, 0.5) is 15.8 Å². The van der Waals surface area contributed by atoms with Gasteiger partial charge in [0.25, 0.3) is 0 Å². The molecule has 2 N–H and O–H groups in total. The molecule has 2 nitrogen and oxygen atoms in total. The molecule has 0 fully saturated rings. The molecule has 0 aliphatic carbocycles. The predicted octanol–water partition coefficient (Wildman–Crippen LogP) is 4.26. The van der Waals surface area contributed by atoms with Gasteiger partial charge in [-0.1, -0.05) is 29.8 Å². The Balaban J connectivity index is 2.36. The molecule has 2 aromatic carbocycles. The molecule has 100 valence electrons. The lowest BCUT2D eigenvalue weighted by atomic mass is 10.1. The number of nitrogen functional groups attached to an aromatic ring is 1. The van der Waals surface area contributed by atoms with Gasteiger partial charge in [0.05, 0.1) is 17.4 Å². The van der Waals surface area contributed by atoms with E-state index >= 15 is 0 Å². The highest BCUT2D eigenvalue weighted by atomic mass is 35.5. The van der Waals surface area contributed by atoms with Crippen molar-refractivity contribution < 1.29 is 4.39 Å². The molecule has 1 atom stereocenters. The molecular formula is C15H16ClFN2. The van der Waals surface area contributed by atoms with Crippen molar-refractivity contribution in [3.8, 4) is 0 Å². The molecule has 2 rings (SSSR count). The Labute approximate surface area is 117 Å². The minimum atomic E-state index is -0.220. The van der Waals surface area contributed by atoms with E-state index < -0.39 is 0 Å². The second-order valence-electron chi connectivity index (χ2n) is 4.51. The van der Waals surface area contributed by atoms with Crippen LogP contribution in [0, 0.1) is 5.82 Å². The molecule has 0 spiro atoms. The van der Waals surface area contributed by atoms with Crippen LogP contribution >= 0.6 is 11.6 Å². The summed E-state index contributed by atoms with van der Waals surface area (Å²) >= 11 is 5.99. The molecule has 0 radical (unpaired) electrons. The van der Waals surface area contributed by atoms with Gasteiger partial charge < -0.3 is 10.6 Å². The minimum absolute atomic E-state index is 0.137. The minimum Gasteiger partial charge on any atom is -0.397 e. The van der Waals surface area contributed by atoms with E-state index in [9.17, 15) is 4.39 Å². The van der Waals surface area contributed by atoms with Gasteiger partial charge in [0.2, 0.25) is 0 Å². The molecular weight excluding hydrogens is 263 g/mol. The van der Waals surface area contributed by atoms with Crippen LogP contribution < -0.4 is 10.6 Å². The van der Waals surface area contributed by atoms with Gasteiger partial charge in [-0.15, -0.1) is 0 Å². The van der Waals surface area contributed by atoms with Crippen molar-refractivity contribution in [1.29, 1.82) is 0 Å². The molecule has 0 aliphatic heterocycles. The Morgan fingerprint density at radius 3 is 2.58 bits per heavy atom. The van der Waals surface area contributed by atoms with E-state index in [0.29, 0.717) is 16.3 Å². The third-order valence-corrected chi connectivity index (χ3v) is 3.54. The first-order chi connectivity index (χ1) is 9.00. The van der Waals surface area contributed by atoms with Crippen molar-refractivity contribution in [2.24, 2.45) is 0 Å². The maximum Gasteiger partial charge on any atom is 0.128 e. The molecule has 0 saturated carbocycles. The van der Waals surface area contributed by atoms with Gasteiger partial charge in [-0.3, -0.25) is 0 Å². The van der Waals surface area contributed by atoms with E-state index in [4.69, 9.17) is 17.3 Å². The first-order valence-electron chi connectivity index (χ1n) is 6.03. The maximum atomic E-state index is 13.8. The summed E-state index contributed by atoms with van der Waals surface area (Å²) in [4.78, 5) is 1.92. The quantitative estimate of drug-likeness (QED) is 0.850. The van der Waals surface area contributed by atoms with Crippen molar-refractivity contribution in [3.63, 3.8) is 0 Å². The number of hydrogen-bond acceptors (Lipinski definition) is 2. The topological polar surface area (TPSA) is 29.3 Å². The van der Waals surface area contributed by atoms with E-state index in [2.05, 4.69) is 0 Å². The van der Waals surface area contributed by atoms with Crippen LogP contribution in [-0.4, -0.2) is 7.05 Å². The molecule has 0 aromatic heterocycles. The zero-order chi connectivity index (χ0) is 14.0. The number of nitrogens with two attached hydrogens (primary N) is 1. The second-order valence-corrected chi connectivity index (χ2v) is 4.95. The molecule has 0 heterocycles. The van der Waals surface area contributed by atoms with Crippen LogP contribution in [-0.2, 0) is 0 Å². The normalized spacial score (nSPS) is 12.2. The summed E-state index contributed by atoms with van der Waals surface area (Å²) in [6.07, 6.45) is 0. The third-order valence-electron chi connectivity index (χ3n) is 3.31. The number of benzene rings is 2. The van der Waals surface area contributed by atoms with E-state index in [-0.39, 0.29) is 11.9 Å². The van der Waals surface area contributed by atoms with Gasteiger partial charge in [-0.25, -0.2) is 4.39 Å². The maximum absolute atomic E-state index is 13.8. The van der Waals surface area contributed by atoms with Crippen molar-refractivity contribution >= 4 is 23.0 Å². The standard InChI is InChI=1S/C15H16ClFN2/c1-10(12-5-3-4-6-13(12)17)19(2)15-9-11(16)7-8-14(15)18/h3-10H,18H2,1-2H3. The molecule has 0 saturated heterocycles. The predicted molar refractivity (Wildman–Crippen MR) is 79.1 cm³/mol. The average molecular weight is 279 g/mol. The molecule has 0 amide bonds. The van der Waals surface area contributed by atoms with Crippen LogP contribution in [0.2, 0.25) is 5.02 Å². The van der Waals surface area contributed by atoms with Gasteiger partial charge >= 0.3 is 0 Å². The first kappa shape index (κ1) is 13.7. The van der Waals surface area contributed by atoms with Crippen molar-refractivity contribution in [2.75, 3.05) is 17.7 Å². The van der Waals surface area contributed by atoms with Crippen molar-refractivity contribution in [1.82, 2.24) is 0 Å².